The second-order valence-corrected chi connectivity index (χ2v) is 6.99. The van der Waals surface area contributed by atoms with Crippen LogP contribution in [0.25, 0.3) is 0 Å². The molecular weight excluding hydrogens is 316 g/mol. The van der Waals surface area contributed by atoms with Crippen LogP contribution in [0.3, 0.4) is 0 Å². The van der Waals surface area contributed by atoms with Crippen molar-refractivity contribution in [2.75, 3.05) is 13.7 Å². The quantitative estimate of drug-likeness (QED) is 0.929. The third-order valence-electron chi connectivity index (χ3n) is 5.31. The van der Waals surface area contributed by atoms with Crippen molar-refractivity contribution in [2.45, 2.75) is 38.3 Å². The minimum absolute atomic E-state index is 0.0127. The van der Waals surface area contributed by atoms with E-state index in [1.807, 2.05) is 60.0 Å². The van der Waals surface area contributed by atoms with Gasteiger partial charge in [-0.05, 0) is 56.0 Å². The Morgan fingerprint density at radius 3 is 2.52 bits per heavy atom. The number of carbonyl (C=O) groups excluding carboxylic acids is 1. The van der Waals surface area contributed by atoms with Gasteiger partial charge in [0.05, 0.1) is 13.2 Å². The van der Waals surface area contributed by atoms with Crippen molar-refractivity contribution in [3.8, 4) is 5.75 Å². The first-order valence-corrected chi connectivity index (χ1v) is 8.66. The molecule has 2 aromatic rings. The van der Waals surface area contributed by atoms with Gasteiger partial charge in [0.2, 0.25) is 0 Å². The molecule has 2 heterocycles. The zero-order valence-electron chi connectivity index (χ0n) is 15.3. The van der Waals surface area contributed by atoms with Crippen LogP contribution in [0.2, 0.25) is 0 Å². The van der Waals surface area contributed by atoms with Gasteiger partial charge in [0.1, 0.15) is 17.0 Å². The molecule has 0 bridgehead atoms. The zero-order chi connectivity index (χ0) is 18.2. The summed E-state index contributed by atoms with van der Waals surface area (Å²) < 4.78 is 7.05. The van der Waals surface area contributed by atoms with Crippen LogP contribution in [-0.2, 0) is 12.6 Å². The fourth-order valence-electron chi connectivity index (χ4n) is 3.83. The lowest BCUT2D eigenvalue weighted by Gasteiger charge is -2.37. The van der Waals surface area contributed by atoms with E-state index < -0.39 is 5.60 Å². The molecule has 1 aromatic carbocycles. The molecule has 3 rings (SSSR count). The number of aliphatic hydroxyl groups is 1. The van der Waals surface area contributed by atoms with Crippen molar-refractivity contribution in [2.24, 2.45) is 7.05 Å². The van der Waals surface area contributed by atoms with Gasteiger partial charge in [0.15, 0.2) is 0 Å². The second kappa shape index (κ2) is 6.56. The van der Waals surface area contributed by atoms with Crippen LogP contribution < -0.4 is 4.74 Å². The normalized spacial score (nSPS) is 19.7. The molecular formula is C20H26N2O3. The lowest BCUT2D eigenvalue weighted by Crippen LogP contribution is -2.48. The summed E-state index contributed by atoms with van der Waals surface area (Å²) in [5.41, 5.74) is 1.33. The van der Waals surface area contributed by atoms with Gasteiger partial charge in [-0.3, -0.25) is 4.79 Å². The minimum atomic E-state index is -1.11. The van der Waals surface area contributed by atoms with Crippen LogP contribution in [0.4, 0.5) is 0 Å². The second-order valence-electron chi connectivity index (χ2n) is 6.99. The number of carbonyl (C=O) groups is 1. The van der Waals surface area contributed by atoms with Gasteiger partial charge in [-0.25, -0.2) is 0 Å². The number of hydrogen-bond acceptors (Lipinski definition) is 3. The Morgan fingerprint density at radius 1 is 1.28 bits per heavy atom. The number of aromatic nitrogens is 1. The number of nitrogens with zero attached hydrogens (tertiary/aromatic N) is 2. The Morgan fingerprint density at radius 2 is 1.96 bits per heavy atom. The predicted octanol–water partition coefficient (Wildman–Crippen LogP) is 2.85. The number of ether oxygens (including phenoxy) is 1. The van der Waals surface area contributed by atoms with Crippen molar-refractivity contribution >= 4 is 5.91 Å². The predicted molar refractivity (Wildman–Crippen MR) is 96.8 cm³/mol. The molecule has 25 heavy (non-hydrogen) atoms. The lowest BCUT2D eigenvalue weighted by atomic mass is 9.86. The molecule has 0 radical (unpaired) electrons. The van der Waals surface area contributed by atoms with E-state index in [0.717, 1.165) is 29.7 Å². The fourth-order valence-corrected chi connectivity index (χ4v) is 3.83. The third kappa shape index (κ3) is 3.04. The highest BCUT2D eigenvalue weighted by molar-refractivity contribution is 5.94. The first-order chi connectivity index (χ1) is 11.9. The molecule has 1 fully saturated rings. The van der Waals surface area contributed by atoms with Crippen LogP contribution in [-0.4, -0.2) is 40.2 Å². The van der Waals surface area contributed by atoms with E-state index >= 15 is 0 Å². The summed E-state index contributed by atoms with van der Waals surface area (Å²) in [6, 6.07) is 9.11. The van der Waals surface area contributed by atoms with E-state index in [1.165, 1.54) is 0 Å². The van der Waals surface area contributed by atoms with Gasteiger partial charge in [-0.1, -0.05) is 12.1 Å². The highest BCUT2D eigenvalue weighted by atomic mass is 16.5. The maximum Gasteiger partial charge on any atom is 0.271 e. The Labute approximate surface area is 148 Å². The molecule has 1 N–H and O–H groups in total. The molecule has 0 saturated carbocycles. The fraction of sp³-hybridized carbons (Fsp3) is 0.450. The number of amides is 1. The molecule has 5 heteroatoms. The average molecular weight is 342 g/mol. The Balaban J connectivity index is 1.90. The van der Waals surface area contributed by atoms with Crippen molar-refractivity contribution in [1.82, 2.24) is 9.47 Å². The number of hydrogen-bond donors (Lipinski definition) is 1. The van der Waals surface area contributed by atoms with E-state index in [-0.39, 0.29) is 11.9 Å². The molecule has 2 atom stereocenters. The van der Waals surface area contributed by atoms with E-state index in [1.54, 1.807) is 14.0 Å². The van der Waals surface area contributed by atoms with Gasteiger partial charge in [-0.15, -0.1) is 0 Å². The largest absolute Gasteiger partial charge is 0.497 e. The molecule has 5 nitrogen and oxygen atoms in total. The van der Waals surface area contributed by atoms with Crippen molar-refractivity contribution in [3.05, 3.63) is 53.3 Å². The summed E-state index contributed by atoms with van der Waals surface area (Å²) in [6.45, 7) is 4.41. The monoisotopic (exact) mass is 342 g/mol. The zero-order valence-corrected chi connectivity index (χ0v) is 15.3. The summed E-state index contributed by atoms with van der Waals surface area (Å²) in [7, 11) is 3.50. The standard InChI is InChI=1S/C20H26N2O3/c1-14-11-13-21(3)18(14)19(23)22-12-5-6-17(22)20(2,24)15-7-9-16(25-4)10-8-15/h7-11,13,17,24H,5-6,12H2,1-4H3. The molecule has 1 aromatic heterocycles. The molecule has 1 saturated heterocycles. The molecule has 0 spiro atoms. The number of rotatable bonds is 4. The SMILES string of the molecule is COc1ccc(C(C)(O)C2CCCN2C(=O)c2c(C)ccn2C)cc1. The highest BCUT2D eigenvalue weighted by Gasteiger charge is 2.43. The van der Waals surface area contributed by atoms with Crippen LogP contribution in [0.5, 0.6) is 5.75 Å². The van der Waals surface area contributed by atoms with Gasteiger partial charge in [-0.2, -0.15) is 0 Å². The third-order valence-corrected chi connectivity index (χ3v) is 5.31. The van der Waals surface area contributed by atoms with Crippen molar-refractivity contribution < 1.29 is 14.6 Å². The molecule has 0 aliphatic carbocycles. The maximum atomic E-state index is 13.1. The summed E-state index contributed by atoms with van der Waals surface area (Å²) in [4.78, 5) is 14.9. The Kier molecular flexibility index (Phi) is 4.60. The smallest absolute Gasteiger partial charge is 0.271 e. The van der Waals surface area contributed by atoms with Crippen molar-refractivity contribution in [3.63, 3.8) is 0 Å². The summed E-state index contributed by atoms with van der Waals surface area (Å²) >= 11 is 0. The van der Waals surface area contributed by atoms with Crippen LogP contribution in [0, 0.1) is 6.92 Å². The summed E-state index contributed by atoms with van der Waals surface area (Å²) in [5.74, 6) is 0.736. The van der Waals surface area contributed by atoms with Crippen LogP contribution in [0.15, 0.2) is 36.5 Å². The molecule has 2 unspecified atom stereocenters. The van der Waals surface area contributed by atoms with Crippen molar-refractivity contribution in [1.29, 1.82) is 0 Å². The molecule has 1 aliphatic heterocycles. The van der Waals surface area contributed by atoms with Gasteiger partial charge in [0, 0.05) is 19.8 Å². The number of likely N-dealkylation sites (tertiary alicyclic amines) is 1. The van der Waals surface area contributed by atoms with Gasteiger partial charge >= 0.3 is 0 Å². The average Bonchev–Trinajstić information content (AvgIpc) is 3.22. The van der Waals surface area contributed by atoms with E-state index in [9.17, 15) is 9.90 Å². The van der Waals surface area contributed by atoms with E-state index in [2.05, 4.69) is 0 Å². The summed E-state index contributed by atoms with van der Waals surface area (Å²) in [6.07, 6.45) is 3.58. The van der Waals surface area contributed by atoms with Crippen LogP contribution in [0.1, 0.15) is 41.4 Å². The Bertz CT molecular complexity index is 742. The Hall–Kier alpha value is -2.27. The van der Waals surface area contributed by atoms with Crippen LogP contribution >= 0.6 is 0 Å². The highest BCUT2D eigenvalue weighted by Crippen LogP contribution is 2.36. The summed E-state index contributed by atoms with van der Waals surface area (Å²) in [5, 5.41) is 11.3. The van der Waals surface area contributed by atoms with E-state index in [0.29, 0.717) is 12.2 Å². The first-order valence-electron chi connectivity index (χ1n) is 8.66. The number of aryl methyl sites for hydroxylation is 2. The minimum Gasteiger partial charge on any atom is -0.497 e. The first kappa shape index (κ1) is 17.5. The molecule has 1 aliphatic rings. The van der Waals surface area contributed by atoms with Gasteiger partial charge in [0.25, 0.3) is 5.91 Å². The topological polar surface area (TPSA) is 54.7 Å². The number of benzene rings is 1. The lowest BCUT2D eigenvalue weighted by molar-refractivity contribution is -0.0180. The van der Waals surface area contributed by atoms with Gasteiger partial charge < -0.3 is 19.3 Å². The number of methoxy groups -OCH3 is 1. The maximum absolute atomic E-state index is 13.1. The van der Waals surface area contributed by atoms with E-state index in [4.69, 9.17) is 4.74 Å². The molecule has 1 amide bonds. The molecule has 134 valence electrons.